The molecule has 6 rings (SSSR count). The first-order valence-corrected chi connectivity index (χ1v) is 13.3. The summed E-state index contributed by atoms with van der Waals surface area (Å²) in [4.78, 5) is 3.03. The monoisotopic (exact) mass is 399 g/mol. The molecule has 0 aromatic carbocycles. The van der Waals surface area contributed by atoms with Crippen LogP contribution in [0.4, 0.5) is 0 Å². The van der Waals surface area contributed by atoms with Crippen LogP contribution in [-0.4, -0.2) is 34.7 Å². The van der Waals surface area contributed by atoms with Crippen LogP contribution >= 0.6 is 0 Å². The molecule has 1 N–H and O–H groups in total. The quantitative estimate of drug-likeness (QED) is 0.562. The maximum Gasteiger partial charge on any atom is 0.0543 e. The molecule has 0 radical (unpaired) electrons. The summed E-state index contributed by atoms with van der Waals surface area (Å²) < 4.78 is 0. The average Bonchev–Trinajstić information content (AvgIpc) is 3.15. The molecule has 0 unspecified atom stereocenters. The predicted octanol–water partition coefficient (Wildman–Crippen LogP) is 5.73. The van der Waals surface area contributed by atoms with E-state index in [0.717, 1.165) is 66.4 Å². The van der Waals surface area contributed by atoms with E-state index in [1.54, 1.807) is 0 Å². The molecule has 6 aliphatic rings. The summed E-state index contributed by atoms with van der Waals surface area (Å²) in [5.41, 5.74) is 1.12. The van der Waals surface area contributed by atoms with Gasteiger partial charge in [-0.15, -0.1) is 0 Å². The SMILES string of the molecule is C[C@H]1CC[C@@H]2[C@@H](C)[C@H]3[C@H](C[C@H]4[C@@H]5CC[C@H]6C[C@@H](O)CC[C@]6(C)[C@H]5CC[C@]34C)N2C1. The summed E-state index contributed by atoms with van der Waals surface area (Å²) in [7, 11) is 0. The second-order valence-electron chi connectivity index (χ2n) is 13.3. The number of nitrogens with zero attached hydrogens (tertiary/aromatic N) is 1. The van der Waals surface area contributed by atoms with Crippen molar-refractivity contribution >= 4 is 0 Å². The van der Waals surface area contributed by atoms with Crippen molar-refractivity contribution in [1.29, 1.82) is 0 Å². The van der Waals surface area contributed by atoms with Crippen LogP contribution in [0.15, 0.2) is 0 Å². The summed E-state index contributed by atoms with van der Waals surface area (Å²) in [5.74, 6) is 6.47. The third-order valence-corrected chi connectivity index (χ3v) is 12.3. The molecule has 0 spiro atoms. The van der Waals surface area contributed by atoms with Crippen molar-refractivity contribution < 1.29 is 5.11 Å². The van der Waals surface area contributed by atoms with Gasteiger partial charge in [0, 0.05) is 18.6 Å². The highest BCUT2D eigenvalue weighted by atomic mass is 16.3. The lowest BCUT2D eigenvalue weighted by atomic mass is 9.44. The van der Waals surface area contributed by atoms with Crippen LogP contribution < -0.4 is 0 Å². The van der Waals surface area contributed by atoms with E-state index in [-0.39, 0.29) is 6.10 Å². The van der Waals surface area contributed by atoms with E-state index in [1.807, 2.05) is 0 Å². The Morgan fingerprint density at radius 1 is 0.793 bits per heavy atom. The highest BCUT2D eigenvalue weighted by Crippen LogP contribution is 2.70. The molecule has 0 aromatic rings. The molecule has 12 atom stereocenters. The van der Waals surface area contributed by atoms with Gasteiger partial charge in [-0.05, 0) is 116 Å². The summed E-state index contributed by atoms with van der Waals surface area (Å²) in [5, 5.41) is 10.3. The van der Waals surface area contributed by atoms with Gasteiger partial charge in [-0.1, -0.05) is 27.7 Å². The maximum atomic E-state index is 10.3. The average molecular weight is 400 g/mol. The molecule has 2 nitrogen and oxygen atoms in total. The molecule has 2 aliphatic heterocycles. The van der Waals surface area contributed by atoms with Gasteiger partial charge < -0.3 is 5.11 Å². The van der Waals surface area contributed by atoms with Gasteiger partial charge >= 0.3 is 0 Å². The smallest absolute Gasteiger partial charge is 0.0543 e. The molecule has 4 saturated carbocycles. The topological polar surface area (TPSA) is 23.5 Å². The van der Waals surface area contributed by atoms with Crippen molar-refractivity contribution in [3.05, 3.63) is 0 Å². The van der Waals surface area contributed by atoms with Crippen LogP contribution in [0.5, 0.6) is 0 Å². The molecule has 29 heavy (non-hydrogen) atoms. The summed E-state index contributed by atoms with van der Waals surface area (Å²) in [6, 6.07) is 1.79. The fourth-order valence-corrected chi connectivity index (χ4v) is 11.0. The van der Waals surface area contributed by atoms with Crippen LogP contribution in [0.2, 0.25) is 0 Å². The van der Waals surface area contributed by atoms with E-state index in [4.69, 9.17) is 0 Å². The van der Waals surface area contributed by atoms with Gasteiger partial charge in [-0.25, -0.2) is 0 Å². The van der Waals surface area contributed by atoms with Crippen LogP contribution in [0.1, 0.15) is 91.9 Å². The van der Waals surface area contributed by atoms with Crippen molar-refractivity contribution in [2.45, 2.75) is 110 Å². The van der Waals surface area contributed by atoms with Gasteiger partial charge in [0.2, 0.25) is 0 Å². The van der Waals surface area contributed by atoms with Crippen molar-refractivity contribution in [1.82, 2.24) is 4.90 Å². The Morgan fingerprint density at radius 3 is 2.41 bits per heavy atom. The van der Waals surface area contributed by atoms with E-state index < -0.39 is 0 Å². The number of rotatable bonds is 0. The normalized spacial score (nSPS) is 62.0. The standard InChI is InChI=1S/C27H45NO/c1-16-5-8-23-17(2)25-24(28(23)15-16)14-22-20-7-6-18-13-19(29)9-11-26(18,3)21(20)10-12-27(22,25)4/h16-25,29H,5-15H2,1-4H3/t16-,17+,18-,19-,20+,21-,22-,23+,24-,25-,26-,27-/m0/s1. The van der Waals surface area contributed by atoms with Crippen LogP contribution in [0, 0.1) is 52.3 Å². The maximum absolute atomic E-state index is 10.3. The zero-order chi connectivity index (χ0) is 20.1. The summed E-state index contributed by atoms with van der Waals surface area (Å²) >= 11 is 0. The Kier molecular flexibility index (Phi) is 4.37. The Bertz CT molecular complexity index is 663. The Morgan fingerprint density at radius 2 is 1.59 bits per heavy atom. The van der Waals surface area contributed by atoms with Gasteiger partial charge in [0.15, 0.2) is 0 Å². The Balaban J connectivity index is 1.30. The molecule has 4 aliphatic carbocycles. The molecule has 0 bridgehead atoms. The van der Waals surface area contributed by atoms with Gasteiger partial charge in [0.05, 0.1) is 6.10 Å². The molecular weight excluding hydrogens is 354 g/mol. The minimum absolute atomic E-state index is 0.0109. The van der Waals surface area contributed by atoms with Crippen molar-refractivity contribution in [3.8, 4) is 0 Å². The number of fused-ring (bicyclic) bond motifs is 9. The van der Waals surface area contributed by atoms with Crippen molar-refractivity contribution in [2.24, 2.45) is 52.3 Å². The van der Waals surface area contributed by atoms with Gasteiger partial charge in [0.25, 0.3) is 0 Å². The molecule has 0 amide bonds. The lowest BCUT2D eigenvalue weighted by Gasteiger charge is -2.61. The molecule has 2 saturated heterocycles. The number of hydrogen-bond donors (Lipinski definition) is 1. The molecule has 2 heterocycles. The number of aliphatic hydroxyl groups is 1. The summed E-state index contributed by atoms with van der Waals surface area (Å²) in [6.45, 7) is 11.9. The van der Waals surface area contributed by atoms with Gasteiger partial charge in [-0.2, -0.15) is 0 Å². The third-order valence-electron chi connectivity index (χ3n) is 12.3. The van der Waals surface area contributed by atoms with E-state index in [2.05, 4.69) is 32.6 Å². The molecule has 2 heteroatoms. The minimum Gasteiger partial charge on any atom is -0.393 e. The van der Waals surface area contributed by atoms with Crippen LogP contribution in [-0.2, 0) is 0 Å². The fourth-order valence-electron chi connectivity index (χ4n) is 11.0. The van der Waals surface area contributed by atoms with E-state index in [9.17, 15) is 5.11 Å². The van der Waals surface area contributed by atoms with E-state index in [0.29, 0.717) is 10.8 Å². The van der Waals surface area contributed by atoms with Crippen molar-refractivity contribution in [2.75, 3.05) is 6.54 Å². The van der Waals surface area contributed by atoms with Crippen molar-refractivity contribution in [3.63, 3.8) is 0 Å². The highest BCUT2D eigenvalue weighted by Gasteiger charge is 2.66. The van der Waals surface area contributed by atoms with Gasteiger partial charge in [0.1, 0.15) is 0 Å². The highest BCUT2D eigenvalue weighted by molar-refractivity contribution is 5.17. The second kappa shape index (κ2) is 6.47. The lowest BCUT2D eigenvalue weighted by molar-refractivity contribution is -0.129. The lowest BCUT2D eigenvalue weighted by Crippen LogP contribution is -2.54. The first kappa shape index (κ1) is 19.6. The Labute approximate surface area is 179 Å². The third kappa shape index (κ3) is 2.54. The van der Waals surface area contributed by atoms with Crippen LogP contribution in [0.3, 0.4) is 0 Å². The zero-order valence-electron chi connectivity index (χ0n) is 19.4. The largest absolute Gasteiger partial charge is 0.393 e. The molecule has 6 fully saturated rings. The predicted molar refractivity (Wildman–Crippen MR) is 118 cm³/mol. The van der Waals surface area contributed by atoms with Gasteiger partial charge in [-0.3, -0.25) is 4.90 Å². The number of aliphatic hydroxyl groups excluding tert-OH is 1. The second-order valence-corrected chi connectivity index (χ2v) is 13.3. The number of hydrogen-bond acceptors (Lipinski definition) is 2. The molecular formula is C27H45NO. The number of piperidine rings is 1. The zero-order valence-corrected chi connectivity index (χ0v) is 19.4. The Hall–Kier alpha value is -0.0800. The minimum atomic E-state index is -0.0109. The van der Waals surface area contributed by atoms with Crippen LogP contribution in [0.25, 0.3) is 0 Å². The summed E-state index contributed by atoms with van der Waals surface area (Å²) in [6.07, 6.45) is 13.7. The van der Waals surface area contributed by atoms with E-state index in [1.165, 1.54) is 57.9 Å². The fraction of sp³-hybridized carbons (Fsp3) is 1.00. The molecule has 0 aromatic heterocycles. The first-order valence-electron chi connectivity index (χ1n) is 13.3. The van der Waals surface area contributed by atoms with E-state index >= 15 is 0 Å². The molecule has 164 valence electrons. The first-order chi connectivity index (χ1) is 13.8.